The molecule has 0 aliphatic rings. The van der Waals surface area contributed by atoms with Gasteiger partial charge in [-0.25, -0.2) is 0 Å². The van der Waals surface area contributed by atoms with E-state index in [1.165, 1.54) is 6.92 Å². The van der Waals surface area contributed by atoms with Crippen LogP contribution < -0.4 is 0 Å². The fourth-order valence-corrected chi connectivity index (χ4v) is 0.300. The lowest BCUT2D eigenvalue weighted by atomic mass is 10.5. The smallest absolute Gasteiger partial charge is 0.101 e. The molecule has 0 spiro atoms. The van der Waals surface area contributed by atoms with Crippen LogP contribution in [0.3, 0.4) is 0 Å². The molecule has 0 amide bonds. The minimum atomic E-state index is -0.560. The van der Waals surface area contributed by atoms with Gasteiger partial charge in [0.25, 0.3) is 0 Å². The van der Waals surface area contributed by atoms with Crippen LogP contribution in [0.15, 0.2) is 0 Å². The van der Waals surface area contributed by atoms with Crippen molar-refractivity contribution in [1.82, 2.24) is 0 Å². The number of rotatable bonds is 3. The maximum Gasteiger partial charge on any atom is 0.101 e. The zero-order valence-corrected chi connectivity index (χ0v) is 8.49. The Morgan fingerprint density at radius 1 is 1.17 bits per heavy atom. The normalized spacial score (nSPS) is 13.2. The van der Waals surface area contributed by atoms with Crippen LogP contribution in [0.4, 0.5) is 0 Å². The molecule has 0 aromatic rings. The summed E-state index contributed by atoms with van der Waals surface area (Å²) in [4.78, 5) is 0. The monoisotopic (exact) mass is 180 g/mol. The summed E-state index contributed by atoms with van der Waals surface area (Å²) in [6.45, 7) is 2.50. The van der Waals surface area contributed by atoms with Gasteiger partial charge >= 0.3 is 0 Å². The third kappa shape index (κ3) is 22.5. The van der Waals surface area contributed by atoms with Crippen LogP contribution in [0.1, 0.15) is 6.92 Å². The van der Waals surface area contributed by atoms with Gasteiger partial charge in [0, 0.05) is 0 Å². The molecule has 0 aromatic heterocycles. The van der Waals surface area contributed by atoms with Gasteiger partial charge in [0.15, 0.2) is 0 Å². The fourth-order valence-electron chi connectivity index (χ4n) is 0.300. The minimum absolute atomic E-state index is 0.139. The molecule has 0 saturated heterocycles. The highest BCUT2D eigenvalue weighted by Crippen LogP contribution is 1.84. The van der Waals surface area contributed by atoms with Crippen molar-refractivity contribution in [2.24, 2.45) is 0 Å². The van der Waals surface area contributed by atoms with Crippen molar-refractivity contribution >= 4 is 0 Å². The number of aliphatic hydroxyl groups excluding tert-OH is 3. The van der Waals surface area contributed by atoms with Crippen LogP contribution in [0.5, 0.6) is 0 Å². The predicted octanol–water partition coefficient (Wildman–Crippen LogP) is -0.956. The van der Waals surface area contributed by atoms with E-state index in [1.807, 2.05) is 0 Å². The Balaban J connectivity index is 0. The van der Waals surface area contributed by atoms with Crippen LogP contribution >= 0.6 is 0 Å². The largest absolute Gasteiger partial charge is 0.394 e. The molecule has 0 aliphatic heterocycles. The Kier molecular flexibility index (Phi) is 8.97. The molecular formula is C8H22NO3+. The van der Waals surface area contributed by atoms with Crippen LogP contribution in [-0.2, 0) is 0 Å². The molecule has 0 aliphatic carbocycles. The summed E-state index contributed by atoms with van der Waals surface area (Å²) in [6, 6.07) is 0. The Labute approximate surface area is 74.7 Å². The van der Waals surface area contributed by atoms with Crippen LogP contribution in [-0.4, -0.2) is 66.8 Å². The van der Waals surface area contributed by atoms with E-state index in [9.17, 15) is 0 Å². The van der Waals surface area contributed by atoms with Crippen molar-refractivity contribution in [1.29, 1.82) is 0 Å². The zero-order valence-electron chi connectivity index (χ0n) is 8.49. The van der Waals surface area contributed by atoms with Gasteiger partial charge < -0.3 is 19.8 Å². The molecular weight excluding hydrogens is 158 g/mol. The first-order valence-corrected chi connectivity index (χ1v) is 4.03. The predicted molar refractivity (Wildman–Crippen MR) is 48.8 cm³/mol. The summed E-state index contributed by atoms with van der Waals surface area (Å²) in [6.07, 6.45) is -0.560. The second-order valence-electron chi connectivity index (χ2n) is 3.77. The average molecular weight is 180 g/mol. The van der Waals surface area contributed by atoms with Gasteiger partial charge in [-0.15, -0.1) is 0 Å². The van der Waals surface area contributed by atoms with E-state index in [-0.39, 0.29) is 13.2 Å². The summed E-state index contributed by atoms with van der Waals surface area (Å²) in [5, 5.41) is 24.4. The fraction of sp³-hybridized carbons (Fsp3) is 1.00. The highest BCUT2D eigenvalue weighted by Gasteiger charge is 2.02. The Morgan fingerprint density at radius 2 is 1.50 bits per heavy atom. The van der Waals surface area contributed by atoms with Crippen molar-refractivity contribution in [3.8, 4) is 0 Å². The van der Waals surface area contributed by atoms with Gasteiger partial charge in [-0.3, -0.25) is 0 Å². The molecule has 0 fully saturated rings. The third-order valence-corrected chi connectivity index (χ3v) is 1.04. The molecule has 0 aromatic carbocycles. The van der Waals surface area contributed by atoms with E-state index in [0.717, 1.165) is 11.0 Å². The summed E-state index contributed by atoms with van der Waals surface area (Å²) in [5.41, 5.74) is 0. The maximum atomic E-state index is 8.39. The minimum Gasteiger partial charge on any atom is -0.394 e. The Hall–Kier alpha value is -0.160. The first kappa shape index (κ1) is 14.4. The molecule has 12 heavy (non-hydrogen) atoms. The number of quaternary nitrogens is 1. The van der Waals surface area contributed by atoms with Crippen LogP contribution in [0.2, 0.25) is 0 Å². The summed E-state index contributed by atoms with van der Waals surface area (Å²) in [5.74, 6) is 0. The van der Waals surface area contributed by atoms with Gasteiger partial charge in [-0.05, 0) is 6.92 Å². The van der Waals surface area contributed by atoms with Crippen molar-refractivity contribution in [2.45, 2.75) is 13.0 Å². The average Bonchev–Trinajstić information content (AvgIpc) is 1.86. The quantitative estimate of drug-likeness (QED) is 0.490. The molecule has 4 nitrogen and oxygen atoms in total. The summed E-state index contributed by atoms with van der Waals surface area (Å²) < 4.78 is 0.844. The number of hydrogen-bond donors (Lipinski definition) is 3. The molecule has 0 rings (SSSR count). The summed E-state index contributed by atoms with van der Waals surface area (Å²) in [7, 11) is 6.16. The van der Waals surface area contributed by atoms with Gasteiger partial charge in [-0.2, -0.15) is 0 Å². The maximum absolute atomic E-state index is 8.39. The molecule has 76 valence electrons. The second-order valence-corrected chi connectivity index (χ2v) is 3.77. The standard InChI is InChI=1S/C5H14NO.C3H8O2/c1-6(2,3)4-5-7;1-3(5)2-4/h7H,4-5H2,1-3H3;3-5H,2H2,1H3/q+1;. The van der Waals surface area contributed by atoms with Gasteiger partial charge in [0.2, 0.25) is 0 Å². The Morgan fingerprint density at radius 3 is 1.50 bits per heavy atom. The van der Waals surface area contributed by atoms with Gasteiger partial charge in [-0.1, -0.05) is 0 Å². The third-order valence-electron chi connectivity index (χ3n) is 1.04. The SMILES string of the molecule is CC(O)CO.C[N+](C)(C)CCO. The molecule has 3 N–H and O–H groups in total. The molecule has 0 bridgehead atoms. The number of nitrogens with zero attached hydrogens (tertiary/aromatic N) is 1. The van der Waals surface area contributed by atoms with Crippen molar-refractivity contribution in [3.63, 3.8) is 0 Å². The van der Waals surface area contributed by atoms with E-state index in [4.69, 9.17) is 15.3 Å². The second kappa shape index (κ2) is 7.49. The van der Waals surface area contributed by atoms with Crippen molar-refractivity contribution in [3.05, 3.63) is 0 Å². The number of likely N-dealkylation sites (N-methyl/N-ethyl adjacent to an activating group) is 1. The Bertz CT molecular complexity index is 88.8. The van der Waals surface area contributed by atoms with Crippen molar-refractivity contribution < 1.29 is 19.8 Å². The van der Waals surface area contributed by atoms with E-state index >= 15 is 0 Å². The van der Waals surface area contributed by atoms with E-state index in [0.29, 0.717) is 0 Å². The van der Waals surface area contributed by atoms with Crippen molar-refractivity contribution in [2.75, 3.05) is 40.9 Å². The van der Waals surface area contributed by atoms with Crippen LogP contribution in [0.25, 0.3) is 0 Å². The van der Waals surface area contributed by atoms with E-state index in [2.05, 4.69) is 21.1 Å². The van der Waals surface area contributed by atoms with Crippen LogP contribution in [0, 0.1) is 0 Å². The molecule has 0 radical (unpaired) electrons. The molecule has 0 heterocycles. The summed E-state index contributed by atoms with van der Waals surface area (Å²) >= 11 is 0. The lowest BCUT2D eigenvalue weighted by Gasteiger charge is -2.21. The highest BCUT2D eigenvalue weighted by molar-refractivity contribution is 4.34. The molecule has 1 unspecified atom stereocenters. The molecule has 0 saturated carbocycles. The number of hydrogen-bond acceptors (Lipinski definition) is 3. The molecule has 4 heteroatoms. The van der Waals surface area contributed by atoms with Gasteiger partial charge in [0.1, 0.15) is 6.54 Å². The first-order valence-electron chi connectivity index (χ1n) is 4.03. The number of aliphatic hydroxyl groups is 3. The van der Waals surface area contributed by atoms with E-state index < -0.39 is 6.10 Å². The first-order chi connectivity index (χ1) is 5.33. The topological polar surface area (TPSA) is 60.7 Å². The molecule has 1 atom stereocenters. The van der Waals surface area contributed by atoms with E-state index in [1.54, 1.807) is 0 Å². The highest BCUT2D eigenvalue weighted by atomic mass is 16.3. The lowest BCUT2D eigenvalue weighted by Crippen LogP contribution is -2.36. The lowest BCUT2D eigenvalue weighted by molar-refractivity contribution is -0.870. The van der Waals surface area contributed by atoms with Gasteiger partial charge in [0.05, 0.1) is 40.5 Å². The zero-order chi connectivity index (χ0) is 10.2.